The summed E-state index contributed by atoms with van der Waals surface area (Å²) in [4.78, 5) is 0.718. The molecule has 0 aromatic carbocycles. The average molecular weight is 142 g/mol. The molecule has 0 saturated carbocycles. The van der Waals surface area contributed by atoms with Gasteiger partial charge in [0.1, 0.15) is 0 Å². The summed E-state index contributed by atoms with van der Waals surface area (Å²) in [6.45, 7) is 2.07. The SMILES string of the molecule is CCCCc1nnnn1O. The average Bonchev–Trinajstić information content (AvgIpc) is 2.31. The molecule has 0 aliphatic rings. The van der Waals surface area contributed by atoms with E-state index in [9.17, 15) is 0 Å². The van der Waals surface area contributed by atoms with Gasteiger partial charge in [-0.15, -0.1) is 5.10 Å². The van der Waals surface area contributed by atoms with E-state index in [0.29, 0.717) is 5.82 Å². The smallest absolute Gasteiger partial charge is 0.192 e. The van der Waals surface area contributed by atoms with E-state index in [1.165, 1.54) is 0 Å². The van der Waals surface area contributed by atoms with Gasteiger partial charge in [-0.1, -0.05) is 18.2 Å². The first kappa shape index (κ1) is 6.98. The van der Waals surface area contributed by atoms with Gasteiger partial charge in [-0.3, -0.25) is 0 Å². The number of hydrogen-bond donors (Lipinski definition) is 1. The van der Waals surface area contributed by atoms with Gasteiger partial charge in [0.2, 0.25) is 0 Å². The predicted octanol–water partition coefficient (Wildman–Crippen LogP) is 0.253. The number of unbranched alkanes of at least 4 members (excludes halogenated alkanes) is 1. The van der Waals surface area contributed by atoms with Crippen LogP contribution in [-0.4, -0.2) is 25.6 Å². The Bertz CT molecular complexity index is 197. The van der Waals surface area contributed by atoms with Gasteiger partial charge in [-0.05, 0) is 16.8 Å². The Morgan fingerprint density at radius 2 is 2.40 bits per heavy atom. The van der Waals surface area contributed by atoms with Crippen molar-refractivity contribution in [3.63, 3.8) is 0 Å². The maximum atomic E-state index is 8.86. The van der Waals surface area contributed by atoms with Crippen molar-refractivity contribution in [1.29, 1.82) is 0 Å². The van der Waals surface area contributed by atoms with E-state index in [-0.39, 0.29) is 0 Å². The maximum Gasteiger partial charge on any atom is 0.192 e. The van der Waals surface area contributed by atoms with Crippen molar-refractivity contribution in [2.24, 2.45) is 0 Å². The van der Waals surface area contributed by atoms with Gasteiger partial charge in [0.05, 0.1) is 0 Å². The number of aryl methyl sites for hydroxylation is 1. The second-order valence-electron chi connectivity index (χ2n) is 2.09. The molecule has 1 heterocycles. The van der Waals surface area contributed by atoms with Gasteiger partial charge in [0.25, 0.3) is 0 Å². The summed E-state index contributed by atoms with van der Waals surface area (Å²) < 4.78 is 0. The fraction of sp³-hybridized carbons (Fsp3) is 0.800. The number of rotatable bonds is 3. The minimum absolute atomic E-state index is 0.529. The largest absolute Gasteiger partial charge is 0.409 e. The van der Waals surface area contributed by atoms with Crippen LogP contribution in [-0.2, 0) is 6.42 Å². The van der Waals surface area contributed by atoms with Gasteiger partial charge in [-0.25, -0.2) is 0 Å². The van der Waals surface area contributed by atoms with Crippen LogP contribution in [0.3, 0.4) is 0 Å². The van der Waals surface area contributed by atoms with E-state index in [4.69, 9.17) is 5.21 Å². The zero-order chi connectivity index (χ0) is 7.40. The third-order valence-corrected chi connectivity index (χ3v) is 1.27. The Hall–Kier alpha value is -1.13. The molecule has 5 heteroatoms. The molecule has 0 aliphatic carbocycles. The molecule has 0 bridgehead atoms. The van der Waals surface area contributed by atoms with E-state index < -0.39 is 0 Å². The van der Waals surface area contributed by atoms with Crippen LogP contribution in [0.5, 0.6) is 0 Å². The Labute approximate surface area is 58.6 Å². The first-order chi connectivity index (χ1) is 4.84. The lowest BCUT2D eigenvalue weighted by molar-refractivity contribution is 0.133. The summed E-state index contributed by atoms with van der Waals surface area (Å²) in [6, 6.07) is 0. The molecule has 0 spiro atoms. The van der Waals surface area contributed by atoms with Crippen molar-refractivity contribution in [3.05, 3.63) is 5.82 Å². The molecule has 0 unspecified atom stereocenters. The molecule has 1 N–H and O–H groups in total. The highest BCUT2D eigenvalue weighted by molar-refractivity contribution is 4.76. The fourth-order valence-corrected chi connectivity index (χ4v) is 0.686. The fourth-order valence-electron chi connectivity index (χ4n) is 0.686. The van der Waals surface area contributed by atoms with Crippen LogP contribution < -0.4 is 0 Å². The molecule has 0 fully saturated rings. The van der Waals surface area contributed by atoms with Crippen LogP contribution in [0.25, 0.3) is 0 Å². The lowest BCUT2D eigenvalue weighted by Crippen LogP contribution is -2.00. The summed E-state index contributed by atoms with van der Waals surface area (Å²) >= 11 is 0. The Morgan fingerprint density at radius 1 is 1.60 bits per heavy atom. The van der Waals surface area contributed by atoms with E-state index in [1.807, 2.05) is 0 Å². The van der Waals surface area contributed by atoms with Crippen molar-refractivity contribution >= 4 is 0 Å². The summed E-state index contributed by atoms with van der Waals surface area (Å²) in [6.07, 6.45) is 2.81. The molecule has 10 heavy (non-hydrogen) atoms. The molecular formula is C5H10N4O. The highest BCUT2D eigenvalue weighted by Gasteiger charge is 2.01. The summed E-state index contributed by atoms with van der Waals surface area (Å²) in [5.74, 6) is 0.529. The van der Waals surface area contributed by atoms with Crippen molar-refractivity contribution in [1.82, 2.24) is 20.4 Å². The standard InChI is InChI=1S/C5H10N4O/c1-2-3-4-5-6-7-8-9(5)10/h10H,2-4H2,1H3. The third kappa shape index (κ3) is 1.43. The molecule has 5 nitrogen and oxygen atoms in total. The zero-order valence-electron chi connectivity index (χ0n) is 5.86. The molecule has 0 radical (unpaired) electrons. The summed E-state index contributed by atoms with van der Waals surface area (Å²) in [5, 5.41) is 19.0. The normalized spacial score (nSPS) is 10.1. The quantitative estimate of drug-likeness (QED) is 0.614. The molecule has 1 aromatic rings. The second kappa shape index (κ2) is 3.14. The Kier molecular flexibility index (Phi) is 2.20. The van der Waals surface area contributed by atoms with Gasteiger partial charge in [-0.2, -0.15) is 0 Å². The van der Waals surface area contributed by atoms with Gasteiger partial charge >= 0.3 is 0 Å². The monoisotopic (exact) mass is 142 g/mol. The minimum Gasteiger partial charge on any atom is -0.409 e. The van der Waals surface area contributed by atoms with Crippen molar-refractivity contribution in [2.75, 3.05) is 0 Å². The first-order valence-electron chi connectivity index (χ1n) is 3.31. The molecular weight excluding hydrogens is 132 g/mol. The second-order valence-corrected chi connectivity index (χ2v) is 2.09. The number of hydrogen-bond acceptors (Lipinski definition) is 4. The molecule has 0 amide bonds. The van der Waals surface area contributed by atoms with Crippen LogP contribution in [0.2, 0.25) is 0 Å². The molecule has 0 atom stereocenters. The van der Waals surface area contributed by atoms with Crippen LogP contribution in [0.4, 0.5) is 0 Å². The van der Waals surface area contributed by atoms with Crippen LogP contribution in [0.15, 0.2) is 0 Å². The van der Waals surface area contributed by atoms with Gasteiger partial charge < -0.3 is 5.21 Å². The lowest BCUT2D eigenvalue weighted by Gasteiger charge is -1.92. The number of aromatic nitrogens is 4. The third-order valence-electron chi connectivity index (χ3n) is 1.27. The molecule has 0 aliphatic heterocycles. The number of tetrazole rings is 1. The van der Waals surface area contributed by atoms with E-state index in [2.05, 4.69) is 22.4 Å². The van der Waals surface area contributed by atoms with Crippen LogP contribution in [0.1, 0.15) is 25.6 Å². The van der Waals surface area contributed by atoms with Gasteiger partial charge in [0, 0.05) is 6.42 Å². The van der Waals surface area contributed by atoms with E-state index in [0.717, 1.165) is 24.1 Å². The van der Waals surface area contributed by atoms with E-state index in [1.54, 1.807) is 0 Å². The summed E-state index contributed by atoms with van der Waals surface area (Å²) in [7, 11) is 0. The lowest BCUT2D eigenvalue weighted by atomic mass is 10.2. The van der Waals surface area contributed by atoms with Crippen LogP contribution in [0, 0.1) is 0 Å². The van der Waals surface area contributed by atoms with Crippen molar-refractivity contribution in [2.45, 2.75) is 26.2 Å². The Balaban J connectivity index is 2.49. The predicted molar refractivity (Wildman–Crippen MR) is 33.6 cm³/mol. The topological polar surface area (TPSA) is 63.8 Å². The minimum atomic E-state index is 0.529. The molecule has 56 valence electrons. The number of nitrogens with zero attached hydrogens (tertiary/aromatic N) is 4. The molecule has 0 saturated heterocycles. The maximum absolute atomic E-state index is 8.86. The van der Waals surface area contributed by atoms with E-state index >= 15 is 0 Å². The van der Waals surface area contributed by atoms with Crippen molar-refractivity contribution in [3.8, 4) is 0 Å². The highest BCUT2D eigenvalue weighted by Crippen LogP contribution is 1.96. The van der Waals surface area contributed by atoms with Crippen molar-refractivity contribution < 1.29 is 5.21 Å². The van der Waals surface area contributed by atoms with Crippen LogP contribution >= 0.6 is 0 Å². The highest BCUT2D eigenvalue weighted by atomic mass is 16.5. The van der Waals surface area contributed by atoms with Gasteiger partial charge in [0.15, 0.2) is 5.82 Å². The summed E-state index contributed by atoms with van der Waals surface area (Å²) in [5.41, 5.74) is 0. The zero-order valence-corrected chi connectivity index (χ0v) is 5.86. The molecule has 1 rings (SSSR count). The first-order valence-corrected chi connectivity index (χ1v) is 3.31. The Morgan fingerprint density at radius 3 is 2.90 bits per heavy atom. The molecule has 1 aromatic heterocycles.